The van der Waals surface area contributed by atoms with Crippen LogP contribution in [0.1, 0.15) is 17.9 Å². The van der Waals surface area contributed by atoms with Gasteiger partial charge in [-0.25, -0.2) is 0 Å². The molecule has 0 radical (unpaired) electrons. The summed E-state index contributed by atoms with van der Waals surface area (Å²) in [4.78, 5) is 10.1. The highest BCUT2D eigenvalue weighted by molar-refractivity contribution is 5.34. The number of ether oxygens (including phenoxy) is 1. The van der Waals surface area contributed by atoms with E-state index in [1.165, 1.54) is 12.1 Å². The number of nitro groups is 1. The predicted octanol–water partition coefficient (Wildman–Crippen LogP) is 1.43. The van der Waals surface area contributed by atoms with Crippen molar-refractivity contribution in [3.63, 3.8) is 0 Å². The van der Waals surface area contributed by atoms with E-state index in [2.05, 4.69) is 0 Å². The van der Waals surface area contributed by atoms with Gasteiger partial charge in [0.15, 0.2) is 0 Å². The Morgan fingerprint density at radius 2 is 2.12 bits per heavy atom. The SMILES string of the molecule is NCC1CC(c2ccc([N+](=O)[O-])cc2)CO1. The van der Waals surface area contributed by atoms with E-state index in [1.54, 1.807) is 12.1 Å². The number of non-ortho nitro benzene ring substituents is 1. The van der Waals surface area contributed by atoms with E-state index in [4.69, 9.17) is 10.5 Å². The molecule has 2 atom stereocenters. The minimum atomic E-state index is -0.391. The van der Waals surface area contributed by atoms with Crippen LogP contribution in [0.25, 0.3) is 0 Å². The lowest BCUT2D eigenvalue weighted by atomic mass is 9.96. The molecule has 1 fully saturated rings. The van der Waals surface area contributed by atoms with Crippen LogP contribution in [0.5, 0.6) is 0 Å². The molecule has 0 aromatic heterocycles. The molecule has 0 saturated carbocycles. The molecule has 1 aliphatic heterocycles. The van der Waals surface area contributed by atoms with Gasteiger partial charge in [0.1, 0.15) is 0 Å². The number of nitro benzene ring substituents is 1. The van der Waals surface area contributed by atoms with Gasteiger partial charge in [0.2, 0.25) is 0 Å². The highest BCUT2D eigenvalue weighted by Gasteiger charge is 2.25. The molecule has 1 saturated heterocycles. The lowest BCUT2D eigenvalue weighted by molar-refractivity contribution is -0.384. The van der Waals surface area contributed by atoms with Crippen molar-refractivity contribution in [3.8, 4) is 0 Å². The van der Waals surface area contributed by atoms with Crippen molar-refractivity contribution in [2.75, 3.05) is 13.2 Å². The first-order valence-electron chi connectivity index (χ1n) is 5.26. The van der Waals surface area contributed by atoms with E-state index < -0.39 is 4.92 Å². The molecular formula is C11H14N2O3. The van der Waals surface area contributed by atoms with Crippen LogP contribution < -0.4 is 5.73 Å². The fourth-order valence-corrected chi connectivity index (χ4v) is 1.97. The summed E-state index contributed by atoms with van der Waals surface area (Å²) in [6.45, 7) is 1.18. The second-order valence-corrected chi connectivity index (χ2v) is 3.97. The van der Waals surface area contributed by atoms with E-state index in [1.807, 2.05) is 0 Å². The second kappa shape index (κ2) is 4.59. The van der Waals surface area contributed by atoms with Gasteiger partial charge in [-0.05, 0) is 12.0 Å². The maximum atomic E-state index is 10.5. The van der Waals surface area contributed by atoms with Gasteiger partial charge < -0.3 is 10.5 Å². The second-order valence-electron chi connectivity index (χ2n) is 3.97. The zero-order chi connectivity index (χ0) is 11.5. The molecule has 0 amide bonds. The summed E-state index contributed by atoms with van der Waals surface area (Å²) in [5, 5.41) is 10.5. The fraction of sp³-hybridized carbons (Fsp3) is 0.455. The van der Waals surface area contributed by atoms with Crippen molar-refractivity contribution in [3.05, 3.63) is 39.9 Å². The third kappa shape index (κ3) is 2.20. The molecule has 0 spiro atoms. The van der Waals surface area contributed by atoms with E-state index in [0.717, 1.165) is 12.0 Å². The predicted molar refractivity (Wildman–Crippen MR) is 59.2 cm³/mol. The van der Waals surface area contributed by atoms with Gasteiger partial charge >= 0.3 is 0 Å². The summed E-state index contributed by atoms with van der Waals surface area (Å²) >= 11 is 0. The van der Waals surface area contributed by atoms with Crippen LogP contribution in [0, 0.1) is 10.1 Å². The molecule has 5 heteroatoms. The first-order chi connectivity index (χ1) is 7.70. The normalized spacial score (nSPS) is 24.6. The van der Waals surface area contributed by atoms with Gasteiger partial charge in [-0.15, -0.1) is 0 Å². The van der Waals surface area contributed by atoms with Crippen molar-refractivity contribution in [1.29, 1.82) is 0 Å². The van der Waals surface area contributed by atoms with Crippen LogP contribution in [0.15, 0.2) is 24.3 Å². The third-order valence-corrected chi connectivity index (χ3v) is 2.92. The van der Waals surface area contributed by atoms with Gasteiger partial charge in [0, 0.05) is 24.6 Å². The topological polar surface area (TPSA) is 78.4 Å². The average Bonchev–Trinajstić information content (AvgIpc) is 2.77. The maximum absolute atomic E-state index is 10.5. The Morgan fingerprint density at radius 3 is 2.62 bits per heavy atom. The number of hydrogen-bond acceptors (Lipinski definition) is 4. The number of nitrogens with two attached hydrogens (primary N) is 1. The summed E-state index contributed by atoms with van der Waals surface area (Å²) in [7, 11) is 0. The van der Waals surface area contributed by atoms with Crippen molar-refractivity contribution >= 4 is 5.69 Å². The Bertz CT molecular complexity index is 377. The van der Waals surface area contributed by atoms with E-state index >= 15 is 0 Å². The van der Waals surface area contributed by atoms with E-state index in [0.29, 0.717) is 19.1 Å². The first-order valence-corrected chi connectivity index (χ1v) is 5.26. The summed E-state index contributed by atoms with van der Waals surface area (Å²) < 4.78 is 5.49. The Labute approximate surface area is 93.4 Å². The minimum Gasteiger partial charge on any atom is -0.376 e. The van der Waals surface area contributed by atoms with Crippen LogP contribution in [-0.2, 0) is 4.74 Å². The van der Waals surface area contributed by atoms with Crippen molar-refractivity contribution in [2.24, 2.45) is 5.73 Å². The Morgan fingerprint density at radius 1 is 1.44 bits per heavy atom. The highest BCUT2D eigenvalue weighted by atomic mass is 16.6. The number of nitrogens with zero attached hydrogens (tertiary/aromatic N) is 1. The van der Waals surface area contributed by atoms with Gasteiger partial charge in [0.05, 0.1) is 17.6 Å². The third-order valence-electron chi connectivity index (χ3n) is 2.92. The van der Waals surface area contributed by atoms with Crippen LogP contribution in [0.4, 0.5) is 5.69 Å². The summed E-state index contributed by atoms with van der Waals surface area (Å²) in [6, 6.07) is 6.66. The standard InChI is InChI=1S/C11H14N2O3/c12-6-11-5-9(7-16-11)8-1-3-10(4-2-8)13(14)15/h1-4,9,11H,5-7,12H2. The Hall–Kier alpha value is -1.46. The molecule has 2 N–H and O–H groups in total. The molecule has 2 unspecified atom stereocenters. The maximum Gasteiger partial charge on any atom is 0.269 e. The molecule has 1 aliphatic rings. The van der Waals surface area contributed by atoms with Crippen molar-refractivity contribution < 1.29 is 9.66 Å². The largest absolute Gasteiger partial charge is 0.376 e. The Balaban J connectivity index is 2.08. The number of benzene rings is 1. The quantitative estimate of drug-likeness (QED) is 0.619. The van der Waals surface area contributed by atoms with Crippen LogP contribution in [0.3, 0.4) is 0 Å². The molecule has 0 aliphatic carbocycles. The number of hydrogen-bond donors (Lipinski definition) is 1. The number of rotatable bonds is 3. The van der Waals surface area contributed by atoms with E-state index in [9.17, 15) is 10.1 Å². The van der Waals surface area contributed by atoms with Gasteiger partial charge in [-0.3, -0.25) is 10.1 Å². The molecule has 1 heterocycles. The molecule has 5 nitrogen and oxygen atoms in total. The van der Waals surface area contributed by atoms with Gasteiger partial charge in [-0.2, -0.15) is 0 Å². The zero-order valence-electron chi connectivity index (χ0n) is 8.83. The summed E-state index contributed by atoms with van der Waals surface area (Å²) in [5.74, 6) is 0.314. The minimum absolute atomic E-state index is 0.123. The molecule has 2 rings (SSSR count). The molecule has 1 aromatic rings. The van der Waals surface area contributed by atoms with Gasteiger partial charge in [-0.1, -0.05) is 12.1 Å². The van der Waals surface area contributed by atoms with Crippen LogP contribution in [-0.4, -0.2) is 24.2 Å². The smallest absolute Gasteiger partial charge is 0.269 e. The lowest BCUT2D eigenvalue weighted by Gasteiger charge is -2.07. The van der Waals surface area contributed by atoms with Gasteiger partial charge in [0.25, 0.3) is 5.69 Å². The highest BCUT2D eigenvalue weighted by Crippen LogP contribution is 2.29. The van der Waals surface area contributed by atoms with E-state index in [-0.39, 0.29) is 11.8 Å². The molecule has 0 bridgehead atoms. The molecule has 86 valence electrons. The lowest BCUT2D eigenvalue weighted by Crippen LogP contribution is -2.18. The summed E-state index contributed by atoms with van der Waals surface area (Å²) in [5.41, 5.74) is 6.73. The molecule has 1 aromatic carbocycles. The fourth-order valence-electron chi connectivity index (χ4n) is 1.97. The monoisotopic (exact) mass is 222 g/mol. The Kier molecular flexibility index (Phi) is 3.17. The average molecular weight is 222 g/mol. The van der Waals surface area contributed by atoms with Crippen LogP contribution in [0.2, 0.25) is 0 Å². The van der Waals surface area contributed by atoms with Crippen molar-refractivity contribution in [1.82, 2.24) is 0 Å². The molecule has 16 heavy (non-hydrogen) atoms. The summed E-state index contributed by atoms with van der Waals surface area (Å²) in [6.07, 6.45) is 1.02. The molecular weight excluding hydrogens is 208 g/mol. The van der Waals surface area contributed by atoms with Crippen molar-refractivity contribution in [2.45, 2.75) is 18.4 Å². The zero-order valence-corrected chi connectivity index (χ0v) is 8.83. The first kappa shape index (κ1) is 11.0. The van der Waals surface area contributed by atoms with Crippen LogP contribution >= 0.6 is 0 Å².